The van der Waals surface area contributed by atoms with Crippen LogP contribution in [0, 0.1) is 0 Å². The number of hydrogen-bond donors (Lipinski definition) is 2. The minimum absolute atomic E-state index is 0.136. The molecule has 0 bridgehead atoms. The van der Waals surface area contributed by atoms with Gasteiger partial charge in [0.2, 0.25) is 10.0 Å². The number of halogens is 1. The summed E-state index contributed by atoms with van der Waals surface area (Å²) in [5, 5.41) is 0. The first-order chi connectivity index (χ1) is 6.95. The van der Waals surface area contributed by atoms with Crippen LogP contribution >= 0.6 is 27.3 Å². The van der Waals surface area contributed by atoms with E-state index in [1.807, 2.05) is 6.92 Å². The summed E-state index contributed by atoms with van der Waals surface area (Å²) in [7, 11) is -3.39. The Labute approximate surface area is 102 Å². The lowest BCUT2D eigenvalue weighted by Crippen LogP contribution is -2.36. The van der Waals surface area contributed by atoms with Gasteiger partial charge in [-0.3, -0.25) is 0 Å². The maximum atomic E-state index is 11.7. The van der Waals surface area contributed by atoms with Crippen molar-refractivity contribution in [2.45, 2.75) is 23.6 Å². The van der Waals surface area contributed by atoms with Gasteiger partial charge in [-0.05, 0) is 34.5 Å². The molecule has 0 radical (unpaired) electrons. The molecule has 0 aromatic carbocycles. The average molecular weight is 313 g/mol. The molecule has 1 atom stereocenters. The minimum atomic E-state index is -3.39. The zero-order chi connectivity index (χ0) is 11.5. The van der Waals surface area contributed by atoms with Gasteiger partial charge in [0.05, 0.1) is 3.79 Å². The van der Waals surface area contributed by atoms with E-state index in [0.29, 0.717) is 4.21 Å². The van der Waals surface area contributed by atoms with Crippen LogP contribution in [0.25, 0.3) is 0 Å². The number of sulfonamides is 1. The second-order valence-corrected chi connectivity index (χ2v) is 7.54. The number of thiophene rings is 1. The van der Waals surface area contributed by atoms with E-state index >= 15 is 0 Å². The first-order valence-corrected chi connectivity index (χ1v) is 7.55. The molecular weight excluding hydrogens is 300 g/mol. The van der Waals surface area contributed by atoms with Crippen molar-refractivity contribution in [2.75, 3.05) is 6.54 Å². The fourth-order valence-electron chi connectivity index (χ4n) is 0.874. The summed E-state index contributed by atoms with van der Waals surface area (Å²) in [4.78, 5) is 0. The fraction of sp³-hybridized carbons (Fsp3) is 0.500. The quantitative estimate of drug-likeness (QED) is 0.866. The van der Waals surface area contributed by atoms with Gasteiger partial charge in [0.25, 0.3) is 0 Å². The molecule has 1 aromatic heterocycles. The smallest absolute Gasteiger partial charge is 0.250 e. The monoisotopic (exact) mass is 312 g/mol. The van der Waals surface area contributed by atoms with Crippen LogP contribution in [0.5, 0.6) is 0 Å². The highest BCUT2D eigenvalue weighted by molar-refractivity contribution is 9.11. The van der Waals surface area contributed by atoms with Crippen molar-refractivity contribution in [3.8, 4) is 0 Å². The Kier molecular flexibility index (Phi) is 4.72. The minimum Gasteiger partial charge on any atom is -0.327 e. The summed E-state index contributed by atoms with van der Waals surface area (Å²) in [5.41, 5.74) is 5.63. The number of nitrogens with one attached hydrogen (secondary N) is 1. The van der Waals surface area contributed by atoms with E-state index in [4.69, 9.17) is 5.73 Å². The maximum Gasteiger partial charge on any atom is 0.250 e. The van der Waals surface area contributed by atoms with Crippen LogP contribution in [0.4, 0.5) is 0 Å². The highest BCUT2D eigenvalue weighted by Gasteiger charge is 2.16. The second-order valence-electron chi connectivity index (χ2n) is 3.08. The normalized spacial score (nSPS) is 14.1. The molecule has 86 valence electrons. The van der Waals surface area contributed by atoms with Crippen molar-refractivity contribution in [2.24, 2.45) is 5.73 Å². The van der Waals surface area contributed by atoms with E-state index in [-0.39, 0.29) is 12.6 Å². The largest absolute Gasteiger partial charge is 0.327 e. The molecule has 3 N–H and O–H groups in total. The van der Waals surface area contributed by atoms with Crippen LogP contribution in [0.2, 0.25) is 0 Å². The summed E-state index contributed by atoms with van der Waals surface area (Å²) in [6.07, 6.45) is 0.747. The van der Waals surface area contributed by atoms with Crippen LogP contribution in [-0.4, -0.2) is 21.0 Å². The van der Waals surface area contributed by atoms with Gasteiger partial charge >= 0.3 is 0 Å². The van der Waals surface area contributed by atoms with Crippen LogP contribution in [0.3, 0.4) is 0 Å². The third-order valence-electron chi connectivity index (χ3n) is 1.87. The predicted octanol–water partition coefficient (Wildman–Crippen LogP) is 1.53. The molecular formula is C8H13BrN2O2S2. The molecule has 0 amide bonds. The Hall–Kier alpha value is 0.0500. The van der Waals surface area contributed by atoms with E-state index in [2.05, 4.69) is 20.7 Å². The molecule has 0 saturated carbocycles. The Morgan fingerprint density at radius 2 is 2.27 bits per heavy atom. The summed E-state index contributed by atoms with van der Waals surface area (Å²) < 4.78 is 27.0. The number of hydrogen-bond acceptors (Lipinski definition) is 4. The zero-order valence-corrected chi connectivity index (χ0v) is 11.5. The van der Waals surface area contributed by atoms with Crippen molar-refractivity contribution in [1.82, 2.24) is 4.72 Å². The molecule has 15 heavy (non-hydrogen) atoms. The fourth-order valence-corrected chi connectivity index (χ4v) is 4.02. The molecule has 0 spiro atoms. The molecule has 1 heterocycles. The van der Waals surface area contributed by atoms with E-state index in [1.54, 1.807) is 12.1 Å². The molecule has 1 rings (SSSR count). The first-order valence-electron chi connectivity index (χ1n) is 4.46. The topological polar surface area (TPSA) is 72.2 Å². The van der Waals surface area contributed by atoms with E-state index in [9.17, 15) is 8.42 Å². The summed E-state index contributed by atoms with van der Waals surface area (Å²) in [6.45, 7) is 2.19. The van der Waals surface area contributed by atoms with Crippen molar-refractivity contribution in [3.63, 3.8) is 0 Å². The summed E-state index contributed by atoms with van der Waals surface area (Å²) in [6, 6.07) is 3.14. The predicted molar refractivity (Wildman–Crippen MR) is 65.5 cm³/mol. The molecule has 4 nitrogen and oxygen atoms in total. The lowest BCUT2D eigenvalue weighted by atomic mass is 10.2. The number of nitrogens with two attached hydrogens (primary N) is 1. The van der Waals surface area contributed by atoms with Crippen LogP contribution in [0.15, 0.2) is 20.1 Å². The first kappa shape index (κ1) is 13.1. The van der Waals surface area contributed by atoms with E-state index < -0.39 is 10.0 Å². The third-order valence-corrected chi connectivity index (χ3v) is 5.41. The van der Waals surface area contributed by atoms with Crippen molar-refractivity contribution < 1.29 is 8.42 Å². The SMILES string of the molecule is CCC(N)CNS(=O)(=O)c1ccc(Br)s1. The number of rotatable bonds is 5. The average Bonchev–Trinajstić information content (AvgIpc) is 2.62. The molecule has 0 aliphatic carbocycles. The second kappa shape index (κ2) is 5.40. The highest BCUT2D eigenvalue weighted by atomic mass is 79.9. The van der Waals surface area contributed by atoms with Gasteiger partial charge in [0.15, 0.2) is 0 Å². The molecule has 0 saturated heterocycles. The zero-order valence-electron chi connectivity index (χ0n) is 8.23. The van der Waals surface area contributed by atoms with E-state index in [1.165, 1.54) is 11.3 Å². The Balaban J connectivity index is 2.68. The van der Waals surface area contributed by atoms with Gasteiger partial charge in [0, 0.05) is 12.6 Å². The van der Waals surface area contributed by atoms with Gasteiger partial charge in [-0.15, -0.1) is 11.3 Å². The Bertz CT molecular complexity index is 416. The van der Waals surface area contributed by atoms with Crippen molar-refractivity contribution in [3.05, 3.63) is 15.9 Å². The summed E-state index contributed by atoms with van der Waals surface area (Å²) >= 11 is 4.40. The van der Waals surface area contributed by atoms with Gasteiger partial charge in [-0.1, -0.05) is 6.92 Å². The Morgan fingerprint density at radius 3 is 2.73 bits per heavy atom. The third kappa shape index (κ3) is 3.84. The Morgan fingerprint density at radius 1 is 1.60 bits per heavy atom. The molecule has 7 heteroatoms. The maximum absolute atomic E-state index is 11.7. The van der Waals surface area contributed by atoms with Crippen LogP contribution in [-0.2, 0) is 10.0 Å². The van der Waals surface area contributed by atoms with Crippen LogP contribution in [0.1, 0.15) is 13.3 Å². The van der Waals surface area contributed by atoms with Gasteiger partial charge in [-0.2, -0.15) is 0 Å². The lowest BCUT2D eigenvalue weighted by Gasteiger charge is -2.09. The molecule has 1 aromatic rings. The molecule has 0 aliphatic rings. The molecule has 0 fully saturated rings. The molecule has 0 aliphatic heterocycles. The standard InChI is InChI=1S/C8H13BrN2O2S2/c1-2-6(10)5-11-15(12,13)8-4-3-7(9)14-8/h3-4,6,11H,2,5,10H2,1H3. The summed E-state index contributed by atoms with van der Waals surface area (Å²) in [5.74, 6) is 0. The van der Waals surface area contributed by atoms with Gasteiger partial charge in [-0.25, -0.2) is 13.1 Å². The van der Waals surface area contributed by atoms with Crippen LogP contribution < -0.4 is 10.5 Å². The van der Waals surface area contributed by atoms with Gasteiger partial charge in [0.1, 0.15) is 4.21 Å². The van der Waals surface area contributed by atoms with Crippen molar-refractivity contribution in [1.29, 1.82) is 0 Å². The van der Waals surface area contributed by atoms with E-state index in [0.717, 1.165) is 10.2 Å². The van der Waals surface area contributed by atoms with Gasteiger partial charge < -0.3 is 5.73 Å². The lowest BCUT2D eigenvalue weighted by molar-refractivity contribution is 0.566. The molecule has 1 unspecified atom stereocenters. The highest BCUT2D eigenvalue weighted by Crippen LogP contribution is 2.25. The van der Waals surface area contributed by atoms with Crippen molar-refractivity contribution >= 4 is 37.3 Å².